The van der Waals surface area contributed by atoms with Crippen molar-refractivity contribution in [2.75, 3.05) is 19.0 Å². The molecule has 1 aromatic heterocycles. The zero-order valence-corrected chi connectivity index (χ0v) is 15.4. The highest BCUT2D eigenvalue weighted by Crippen LogP contribution is 2.39. The molecular formula is C18H23NO5S. The van der Waals surface area contributed by atoms with E-state index in [1.165, 1.54) is 18.4 Å². The number of carbonyl (C=O) groups is 3. The maximum atomic E-state index is 12.2. The minimum absolute atomic E-state index is 0.0729. The fraction of sp³-hybridized carbons (Fsp3) is 0.611. The van der Waals surface area contributed by atoms with Crippen molar-refractivity contribution in [2.45, 2.75) is 45.4 Å². The van der Waals surface area contributed by atoms with E-state index >= 15 is 0 Å². The minimum Gasteiger partial charge on any atom is -0.465 e. The summed E-state index contributed by atoms with van der Waals surface area (Å²) in [5.74, 6) is -0.912. The lowest BCUT2D eigenvalue weighted by Gasteiger charge is -2.08. The van der Waals surface area contributed by atoms with E-state index in [1.807, 2.05) is 6.92 Å². The Balaban J connectivity index is 1.69. The first kappa shape index (κ1) is 17.9. The molecule has 0 radical (unpaired) electrons. The SMILES string of the molecule is COC(=O)c1c(NC(=O)COC(=O)[C@@H]2C[C@@H]2C)sc2c1CCCCC2. The largest absolute Gasteiger partial charge is 0.465 e. The number of carbonyl (C=O) groups excluding carboxylic acids is 3. The van der Waals surface area contributed by atoms with Gasteiger partial charge in [0, 0.05) is 4.88 Å². The van der Waals surface area contributed by atoms with Crippen molar-refractivity contribution in [1.29, 1.82) is 0 Å². The van der Waals surface area contributed by atoms with Crippen LogP contribution in [-0.2, 0) is 31.9 Å². The normalized spacial score (nSPS) is 21.7. The van der Waals surface area contributed by atoms with Gasteiger partial charge in [0.05, 0.1) is 18.6 Å². The van der Waals surface area contributed by atoms with E-state index in [0.29, 0.717) is 16.5 Å². The average Bonchev–Trinajstić information content (AvgIpc) is 3.29. The van der Waals surface area contributed by atoms with Crippen molar-refractivity contribution in [2.24, 2.45) is 11.8 Å². The van der Waals surface area contributed by atoms with Gasteiger partial charge in [-0.2, -0.15) is 0 Å². The monoisotopic (exact) mass is 365 g/mol. The molecule has 2 atom stereocenters. The van der Waals surface area contributed by atoms with Crippen LogP contribution in [0.5, 0.6) is 0 Å². The number of esters is 2. The van der Waals surface area contributed by atoms with Crippen molar-refractivity contribution in [3.8, 4) is 0 Å². The van der Waals surface area contributed by atoms with Gasteiger partial charge >= 0.3 is 11.9 Å². The first-order valence-electron chi connectivity index (χ1n) is 8.70. The molecule has 1 fully saturated rings. The number of anilines is 1. The fourth-order valence-corrected chi connectivity index (χ4v) is 4.50. The third-order valence-electron chi connectivity index (χ3n) is 4.82. The van der Waals surface area contributed by atoms with Crippen LogP contribution < -0.4 is 5.32 Å². The summed E-state index contributed by atoms with van der Waals surface area (Å²) in [5.41, 5.74) is 1.45. The van der Waals surface area contributed by atoms with E-state index in [0.717, 1.165) is 49.0 Å². The summed E-state index contributed by atoms with van der Waals surface area (Å²) in [6.45, 7) is 1.65. The smallest absolute Gasteiger partial charge is 0.341 e. The van der Waals surface area contributed by atoms with Crippen molar-refractivity contribution in [1.82, 2.24) is 0 Å². The second-order valence-electron chi connectivity index (χ2n) is 6.74. The Hall–Kier alpha value is -1.89. The summed E-state index contributed by atoms with van der Waals surface area (Å²) in [7, 11) is 1.34. The van der Waals surface area contributed by atoms with Gasteiger partial charge in [-0.3, -0.25) is 9.59 Å². The molecule has 2 aliphatic carbocycles. The molecule has 0 aliphatic heterocycles. The lowest BCUT2D eigenvalue weighted by molar-refractivity contribution is -0.148. The summed E-state index contributed by atoms with van der Waals surface area (Å²) < 4.78 is 9.96. The number of fused-ring (bicyclic) bond motifs is 1. The predicted octanol–water partition coefficient (Wildman–Crippen LogP) is 2.94. The topological polar surface area (TPSA) is 81.7 Å². The highest BCUT2D eigenvalue weighted by atomic mass is 32.1. The molecule has 1 amide bonds. The van der Waals surface area contributed by atoms with Crippen LogP contribution in [0.4, 0.5) is 5.00 Å². The molecule has 2 aliphatic rings. The summed E-state index contributed by atoms with van der Waals surface area (Å²) >= 11 is 1.43. The molecule has 1 saturated carbocycles. The number of amides is 1. The number of ether oxygens (including phenoxy) is 2. The van der Waals surface area contributed by atoms with E-state index < -0.39 is 11.9 Å². The molecule has 0 saturated heterocycles. The molecule has 6 nitrogen and oxygen atoms in total. The Morgan fingerprint density at radius 3 is 2.60 bits per heavy atom. The van der Waals surface area contributed by atoms with Crippen molar-refractivity contribution in [3.63, 3.8) is 0 Å². The predicted molar refractivity (Wildman–Crippen MR) is 93.8 cm³/mol. The second kappa shape index (κ2) is 7.56. The number of aryl methyl sites for hydroxylation is 1. The van der Waals surface area contributed by atoms with Gasteiger partial charge in [0.15, 0.2) is 6.61 Å². The Morgan fingerprint density at radius 2 is 1.92 bits per heavy atom. The zero-order valence-electron chi connectivity index (χ0n) is 14.6. The van der Waals surface area contributed by atoms with E-state index in [2.05, 4.69) is 5.32 Å². The summed E-state index contributed by atoms with van der Waals surface area (Å²) in [5, 5.41) is 3.23. The molecular weight excluding hydrogens is 342 g/mol. The van der Waals surface area contributed by atoms with Gasteiger partial charge in [-0.15, -0.1) is 11.3 Å². The fourth-order valence-electron chi connectivity index (χ4n) is 3.21. The van der Waals surface area contributed by atoms with Gasteiger partial charge in [0.1, 0.15) is 5.00 Å². The molecule has 1 aromatic rings. The van der Waals surface area contributed by atoms with Crippen molar-refractivity contribution >= 4 is 34.2 Å². The average molecular weight is 365 g/mol. The Kier molecular flexibility index (Phi) is 5.42. The molecule has 1 N–H and O–H groups in total. The Morgan fingerprint density at radius 1 is 1.20 bits per heavy atom. The van der Waals surface area contributed by atoms with Crippen LogP contribution in [0.1, 0.15) is 53.4 Å². The highest BCUT2D eigenvalue weighted by Gasteiger charge is 2.40. The Labute approximate surface area is 150 Å². The summed E-state index contributed by atoms with van der Waals surface area (Å²) in [6.07, 6.45) is 5.80. The molecule has 136 valence electrons. The number of rotatable bonds is 5. The van der Waals surface area contributed by atoms with Gasteiger partial charge < -0.3 is 14.8 Å². The Bertz CT molecular complexity index is 696. The number of hydrogen-bond donors (Lipinski definition) is 1. The van der Waals surface area contributed by atoms with Crippen LogP contribution in [0, 0.1) is 11.8 Å². The third kappa shape index (κ3) is 4.03. The van der Waals surface area contributed by atoms with Gasteiger partial charge in [-0.25, -0.2) is 4.79 Å². The number of nitrogens with one attached hydrogen (secondary N) is 1. The zero-order chi connectivity index (χ0) is 18.0. The summed E-state index contributed by atoms with van der Waals surface area (Å²) in [4.78, 5) is 37.2. The third-order valence-corrected chi connectivity index (χ3v) is 6.03. The van der Waals surface area contributed by atoms with Crippen LogP contribution in [0.15, 0.2) is 0 Å². The molecule has 0 aromatic carbocycles. The standard InChI is InChI=1S/C18H23NO5S/c1-10-8-12(10)17(21)24-9-14(20)19-16-15(18(22)23-2)11-6-4-3-5-7-13(11)25-16/h10,12H,3-9H2,1-2H3,(H,19,20)/t10-,12+/m0/s1. The maximum absolute atomic E-state index is 12.2. The van der Waals surface area contributed by atoms with Crippen LogP contribution in [-0.4, -0.2) is 31.6 Å². The lowest BCUT2D eigenvalue weighted by atomic mass is 10.1. The molecule has 0 bridgehead atoms. The van der Waals surface area contributed by atoms with Gasteiger partial charge in [0.25, 0.3) is 5.91 Å². The second-order valence-corrected chi connectivity index (χ2v) is 7.84. The molecule has 0 spiro atoms. The molecule has 25 heavy (non-hydrogen) atoms. The van der Waals surface area contributed by atoms with Crippen LogP contribution in [0.3, 0.4) is 0 Å². The van der Waals surface area contributed by atoms with Gasteiger partial charge in [0.2, 0.25) is 0 Å². The van der Waals surface area contributed by atoms with Gasteiger partial charge in [-0.1, -0.05) is 13.3 Å². The molecule has 7 heteroatoms. The van der Waals surface area contributed by atoms with Crippen LogP contribution in [0.2, 0.25) is 0 Å². The lowest BCUT2D eigenvalue weighted by Crippen LogP contribution is -2.22. The molecule has 1 heterocycles. The van der Waals surface area contributed by atoms with Crippen LogP contribution >= 0.6 is 11.3 Å². The van der Waals surface area contributed by atoms with E-state index in [1.54, 1.807) is 0 Å². The minimum atomic E-state index is -0.432. The van der Waals surface area contributed by atoms with Crippen LogP contribution in [0.25, 0.3) is 0 Å². The number of hydrogen-bond acceptors (Lipinski definition) is 6. The van der Waals surface area contributed by atoms with E-state index in [-0.39, 0.29) is 18.5 Å². The van der Waals surface area contributed by atoms with Crippen molar-refractivity contribution < 1.29 is 23.9 Å². The van der Waals surface area contributed by atoms with Gasteiger partial charge in [-0.05, 0) is 43.6 Å². The summed E-state index contributed by atoms with van der Waals surface area (Å²) in [6, 6.07) is 0. The van der Waals surface area contributed by atoms with E-state index in [4.69, 9.17) is 9.47 Å². The first-order chi connectivity index (χ1) is 12.0. The maximum Gasteiger partial charge on any atom is 0.341 e. The highest BCUT2D eigenvalue weighted by molar-refractivity contribution is 7.17. The molecule has 3 rings (SSSR count). The quantitative estimate of drug-likeness (QED) is 0.641. The first-order valence-corrected chi connectivity index (χ1v) is 9.52. The number of thiophene rings is 1. The van der Waals surface area contributed by atoms with Crippen molar-refractivity contribution in [3.05, 3.63) is 16.0 Å². The molecule has 0 unspecified atom stereocenters. The van der Waals surface area contributed by atoms with E-state index in [9.17, 15) is 14.4 Å². The number of methoxy groups -OCH3 is 1.